The quantitative estimate of drug-likeness (QED) is 0.873. The fourth-order valence-electron chi connectivity index (χ4n) is 2.87. The van der Waals surface area contributed by atoms with Gasteiger partial charge in [-0.25, -0.2) is 9.97 Å². The molecule has 0 spiro atoms. The largest absolute Gasteiger partial charge is 0.356 e. The Bertz CT molecular complexity index is 635. The van der Waals surface area contributed by atoms with E-state index in [-0.39, 0.29) is 5.91 Å². The fourth-order valence-corrected chi connectivity index (χ4v) is 3.76. The highest BCUT2D eigenvalue weighted by molar-refractivity contribution is 7.12. The van der Waals surface area contributed by atoms with Crippen molar-refractivity contribution in [3.8, 4) is 0 Å². The smallest absolute Gasteiger partial charge is 0.264 e. The van der Waals surface area contributed by atoms with Crippen LogP contribution in [0.1, 0.15) is 28.1 Å². The first kappa shape index (κ1) is 15.0. The maximum Gasteiger partial charge on any atom is 0.264 e. The van der Waals surface area contributed by atoms with Gasteiger partial charge in [0.15, 0.2) is 0 Å². The Balaban J connectivity index is 1.61. The highest BCUT2D eigenvalue weighted by Crippen LogP contribution is 2.23. The summed E-state index contributed by atoms with van der Waals surface area (Å²) in [6.07, 6.45) is 5.27. The maximum atomic E-state index is 12.5. The van der Waals surface area contributed by atoms with Crippen molar-refractivity contribution in [1.29, 1.82) is 0 Å². The molecule has 1 amide bonds. The second-order valence-corrected chi connectivity index (χ2v) is 6.55. The average Bonchev–Trinajstić information content (AvgIpc) is 3.00. The van der Waals surface area contributed by atoms with Gasteiger partial charge in [0, 0.05) is 32.4 Å². The predicted octanol–water partition coefficient (Wildman–Crippen LogP) is 2.59. The monoisotopic (exact) mass is 316 g/mol. The number of aromatic nitrogens is 2. The average molecular weight is 316 g/mol. The SMILES string of the molecule is Cc1ccsc1C(=O)N1CCC(N(C)c2ccncn2)CC1. The summed E-state index contributed by atoms with van der Waals surface area (Å²) in [7, 11) is 2.06. The number of carbonyl (C=O) groups excluding carboxylic acids is 1. The second-order valence-electron chi connectivity index (χ2n) is 5.63. The first-order valence-corrected chi connectivity index (χ1v) is 8.37. The number of carbonyl (C=O) groups is 1. The molecule has 1 saturated heterocycles. The molecular weight excluding hydrogens is 296 g/mol. The third-order valence-corrected chi connectivity index (χ3v) is 5.29. The highest BCUT2D eigenvalue weighted by Gasteiger charge is 2.27. The molecule has 0 N–H and O–H groups in total. The molecule has 116 valence electrons. The zero-order valence-corrected chi connectivity index (χ0v) is 13.7. The zero-order chi connectivity index (χ0) is 15.5. The van der Waals surface area contributed by atoms with Gasteiger partial charge in [0.1, 0.15) is 12.1 Å². The lowest BCUT2D eigenvalue weighted by atomic mass is 10.0. The van der Waals surface area contributed by atoms with Crippen LogP contribution >= 0.6 is 11.3 Å². The van der Waals surface area contributed by atoms with Crippen molar-refractivity contribution in [2.75, 3.05) is 25.0 Å². The van der Waals surface area contributed by atoms with Gasteiger partial charge in [0.25, 0.3) is 5.91 Å². The third-order valence-electron chi connectivity index (χ3n) is 4.28. The number of hydrogen-bond donors (Lipinski definition) is 0. The number of thiophene rings is 1. The van der Waals surface area contributed by atoms with Crippen molar-refractivity contribution >= 4 is 23.1 Å². The lowest BCUT2D eigenvalue weighted by Crippen LogP contribution is -2.45. The van der Waals surface area contributed by atoms with Crippen LogP contribution in [0, 0.1) is 6.92 Å². The molecule has 2 aromatic heterocycles. The van der Waals surface area contributed by atoms with E-state index in [0.717, 1.165) is 42.2 Å². The van der Waals surface area contributed by atoms with Gasteiger partial charge in [-0.1, -0.05) is 0 Å². The van der Waals surface area contributed by atoms with Crippen LogP contribution in [0.5, 0.6) is 0 Å². The lowest BCUT2D eigenvalue weighted by Gasteiger charge is -2.37. The fraction of sp³-hybridized carbons (Fsp3) is 0.438. The number of anilines is 1. The van der Waals surface area contributed by atoms with Crippen LogP contribution in [0.2, 0.25) is 0 Å². The molecule has 5 nitrogen and oxygen atoms in total. The minimum absolute atomic E-state index is 0.177. The molecule has 0 aliphatic carbocycles. The number of hydrogen-bond acceptors (Lipinski definition) is 5. The Kier molecular flexibility index (Phi) is 4.38. The van der Waals surface area contributed by atoms with E-state index >= 15 is 0 Å². The topological polar surface area (TPSA) is 49.3 Å². The van der Waals surface area contributed by atoms with Crippen molar-refractivity contribution in [3.63, 3.8) is 0 Å². The molecular formula is C16H20N4OS. The summed E-state index contributed by atoms with van der Waals surface area (Å²) >= 11 is 1.54. The molecule has 1 aliphatic heterocycles. The Labute approximate surface area is 134 Å². The Morgan fingerprint density at radius 3 is 2.73 bits per heavy atom. The molecule has 3 rings (SSSR count). The standard InChI is InChI=1S/C16H20N4OS/c1-12-6-10-22-15(12)16(21)20-8-4-13(5-9-20)19(2)14-3-7-17-11-18-14/h3,6-7,10-11,13H,4-5,8-9H2,1-2H3. The van der Waals surface area contributed by atoms with Crippen molar-refractivity contribution in [1.82, 2.24) is 14.9 Å². The second kappa shape index (κ2) is 6.44. The summed E-state index contributed by atoms with van der Waals surface area (Å²) in [5.74, 6) is 1.12. The van der Waals surface area contributed by atoms with E-state index in [1.807, 2.05) is 29.3 Å². The number of piperidine rings is 1. The van der Waals surface area contributed by atoms with Crippen LogP contribution in [-0.4, -0.2) is 47.0 Å². The van der Waals surface area contributed by atoms with Gasteiger partial charge < -0.3 is 9.80 Å². The van der Waals surface area contributed by atoms with E-state index in [1.165, 1.54) is 11.3 Å². The third kappa shape index (κ3) is 2.97. The van der Waals surface area contributed by atoms with E-state index in [2.05, 4.69) is 21.9 Å². The Morgan fingerprint density at radius 1 is 1.36 bits per heavy atom. The van der Waals surface area contributed by atoms with E-state index < -0.39 is 0 Å². The maximum absolute atomic E-state index is 12.5. The first-order chi connectivity index (χ1) is 10.7. The number of rotatable bonds is 3. The molecule has 2 aromatic rings. The summed E-state index contributed by atoms with van der Waals surface area (Å²) in [5, 5.41) is 1.98. The Hall–Kier alpha value is -1.95. The van der Waals surface area contributed by atoms with E-state index in [0.29, 0.717) is 6.04 Å². The molecule has 1 aliphatic rings. The molecule has 0 saturated carbocycles. The van der Waals surface area contributed by atoms with Crippen LogP contribution in [0.25, 0.3) is 0 Å². The molecule has 0 unspecified atom stereocenters. The summed E-state index contributed by atoms with van der Waals surface area (Å²) in [4.78, 5) is 25.8. The van der Waals surface area contributed by atoms with Crippen molar-refractivity contribution in [3.05, 3.63) is 40.5 Å². The van der Waals surface area contributed by atoms with Crippen LogP contribution in [0.3, 0.4) is 0 Å². The number of amides is 1. The van der Waals surface area contributed by atoms with Gasteiger partial charge in [-0.2, -0.15) is 0 Å². The lowest BCUT2D eigenvalue weighted by molar-refractivity contribution is 0.0717. The molecule has 6 heteroatoms. The molecule has 3 heterocycles. The van der Waals surface area contributed by atoms with Crippen LogP contribution in [0.4, 0.5) is 5.82 Å². The predicted molar refractivity (Wildman–Crippen MR) is 88.4 cm³/mol. The van der Waals surface area contributed by atoms with Gasteiger partial charge in [-0.05, 0) is 42.8 Å². The molecule has 0 radical (unpaired) electrons. The van der Waals surface area contributed by atoms with Crippen molar-refractivity contribution < 1.29 is 4.79 Å². The summed E-state index contributed by atoms with van der Waals surface area (Å²) in [5.41, 5.74) is 1.08. The van der Waals surface area contributed by atoms with Crippen molar-refractivity contribution in [2.24, 2.45) is 0 Å². The van der Waals surface area contributed by atoms with Gasteiger partial charge >= 0.3 is 0 Å². The summed E-state index contributed by atoms with van der Waals surface area (Å²) in [6, 6.07) is 4.35. The van der Waals surface area contributed by atoms with Crippen LogP contribution in [0.15, 0.2) is 30.0 Å². The van der Waals surface area contributed by atoms with Gasteiger partial charge in [-0.15, -0.1) is 11.3 Å². The van der Waals surface area contributed by atoms with Gasteiger partial charge in [-0.3, -0.25) is 4.79 Å². The Morgan fingerprint density at radius 2 is 2.14 bits per heavy atom. The van der Waals surface area contributed by atoms with Crippen LogP contribution < -0.4 is 4.90 Å². The minimum Gasteiger partial charge on any atom is -0.356 e. The van der Waals surface area contributed by atoms with Crippen LogP contribution in [-0.2, 0) is 0 Å². The first-order valence-electron chi connectivity index (χ1n) is 7.49. The van der Waals surface area contributed by atoms with E-state index in [4.69, 9.17) is 0 Å². The molecule has 0 atom stereocenters. The number of aryl methyl sites for hydroxylation is 1. The van der Waals surface area contributed by atoms with Gasteiger partial charge in [0.2, 0.25) is 0 Å². The van der Waals surface area contributed by atoms with Crippen molar-refractivity contribution in [2.45, 2.75) is 25.8 Å². The van der Waals surface area contributed by atoms with E-state index in [9.17, 15) is 4.79 Å². The molecule has 0 bridgehead atoms. The van der Waals surface area contributed by atoms with Gasteiger partial charge in [0.05, 0.1) is 4.88 Å². The molecule has 22 heavy (non-hydrogen) atoms. The molecule has 1 fully saturated rings. The zero-order valence-electron chi connectivity index (χ0n) is 12.9. The normalized spacial score (nSPS) is 15.8. The number of likely N-dealkylation sites (tertiary alicyclic amines) is 1. The number of nitrogens with zero attached hydrogens (tertiary/aromatic N) is 4. The van der Waals surface area contributed by atoms with E-state index in [1.54, 1.807) is 12.5 Å². The minimum atomic E-state index is 0.177. The highest BCUT2D eigenvalue weighted by atomic mass is 32.1. The summed E-state index contributed by atoms with van der Waals surface area (Å²) in [6.45, 7) is 3.60. The summed E-state index contributed by atoms with van der Waals surface area (Å²) < 4.78 is 0. The molecule has 0 aromatic carbocycles.